The lowest BCUT2D eigenvalue weighted by Crippen LogP contribution is -2.31. The number of fused-ring (bicyclic) bond motifs is 2. The van der Waals surface area contributed by atoms with Gasteiger partial charge in [-0.2, -0.15) is 24.9 Å². The minimum absolute atomic E-state index is 0.0255. The smallest absolute Gasteiger partial charge is 0.367 e. The van der Waals surface area contributed by atoms with Crippen LogP contribution in [0.2, 0.25) is 0 Å². The predicted molar refractivity (Wildman–Crippen MR) is 125 cm³/mol. The van der Waals surface area contributed by atoms with E-state index >= 15 is 0 Å². The molecule has 2 fully saturated rings. The number of halogens is 3. The molecule has 2 aliphatic rings. The molecule has 0 spiro atoms. The third-order valence-electron chi connectivity index (χ3n) is 5.09. The van der Waals surface area contributed by atoms with Gasteiger partial charge in [0.25, 0.3) is 0 Å². The Balaban J connectivity index is 1.67. The van der Waals surface area contributed by atoms with Crippen molar-refractivity contribution < 1.29 is 55.3 Å². The van der Waals surface area contributed by atoms with Gasteiger partial charge in [0.05, 0.1) is 19.4 Å². The molecule has 2 aromatic heterocycles. The molecule has 0 aliphatic carbocycles. The van der Waals surface area contributed by atoms with Gasteiger partial charge in [0.15, 0.2) is 28.4 Å². The minimum atomic E-state index is -4.90. The monoisotopic (exact) mass is 611 g/mol. The molecule has 14 nitrogen and oxygen atoms in total. The van der Waals surface area contributed by atoms with E-state index in [0.29, 0.717) is 12.3 Å². The Labute approximate surface area is 215 Å². The Bertz CT molecular complexity index is 1220. The van der Waals surface area contributed by atoms with E-state index in [1.807, 2.05) is 6.26 Å². The van der Waals surface area contributed by atoms with Gasteiger partial charge in [-0.15, -0.1) is 0 Å². The molecule has 0 amide bonds. The number of phosphoric ester groups is 2. The number of hydrogen-bond acceptors (Lipinski definition) is 12. The molecule has 21 heteroatoms. The summed E-state index contributed by atoms with van der Waals surface area (Å²) in [6, 6.07) is 0. The van der Waals surface area contributed by atoms with Crippen molar-refractivity contribution >= 4 is 56.2 Å². The van der Waals surface area contributed by atoms with Crippen molar-refractivity contribution in [3.63, 3.8) is 0 Å². The summed E-state index contributed by atoms with van der Waals surface area (Å²) in [5.74, 6) is 0.639. The number of hydrogen-bond donors (Lipinski definition) is 4. The second kappa shape index (κ2) is 11.3. The molecule has 2 aromatic rings. The van der Waals surface area contributed by atoms with E-state index in [9.17, 15) is 27.2 Å². The number of rotatable bonds is 11. The van der Waals surface area contributed by atoms with Crippen LogP contribution in [-0.4, -0.2) is 89.6 Å². The first kappa shape index (κ1) is 29.0. The third kappa shape index (κ3) is 7.36. The number of imidazole rings is 1. The number of nitrogens with one attached hydrogen (secondary N) is 1. The molecule has 2 aliphatic heterocycles. The number of thioether (sulfide) groups is 2. The maximum absolute atomic E-state index is 12.6. The van der Waals surface area contributed by atoms with E-state index < -0.39 is 59.4 Å². The average Bonchev–Trinajstić information content (AvgIpc) is 3.42. The van der Waals surface area contributed by atoms with Crippen LogP contribution in [0, 0.1) is 0 Å². The third-order valence-corrected chi connectivity index (χ3v) is 8.06. The Kier molecular flexibility index (Phi) is 8.82. The van der Waals surface area contributed by atoms with Crippen molar-refractivity contribution in [2.45, 2.75) is 42.3 Å². The lowest BCUT2D eigenvalue weighted by atomic mass is 10.1. The summed E-state index contributed by atoms with van der Waals surface area (Å²) in [6.07, 6.45) is -7.10. The van der Waals surface area contributed by atoms with Gasteiger partial charge in [-0.1, -0.05) is 11.8 Å². The minimum Gasteiger partial charge on any atom is -0.367 e. The quantitative estimate of drug-likeness (QED) is 0.126. The number of nitrogens with zero attached hydrogens (tertiary/aromatic N) is 4. The first-order chi connectivity index (χ1) is 17.3. The van der Waals surface area contributed by atoms with Crippen molar-refractivity contribution in [1.29, 1.82) is 0 Å². The zero-order chi connectivity index (χ0) is 27.0. The highest BCUT2D eigenvalue weighted by atomic mass is 32.2. The summed E-state index contributed by atoms with van der Waals surface area (Å²) in [5, 5.41) is 3.10. The zero-order valence-electron chi connectivity index (χ0n) is 18.8. The first-order valence-electron chi connectivity index (χ1n) is 10.5. The van der Waals surface area contributed by atoms with Gasteiger partial charge >= 0.3 is 21.8 Å². The molecule has 208 valence electrons. The van der Waals surface area contributed by atoms with Crippen LogP contribution >= 0.6 is 39.2 Å². The number of phosphoric acid groups is 2. The first-order valence-corrected chi connectivity index (χ1v) is 15.9. The van der Waals surface area contributed by atoms with Crippen LogP contribution in [0.3, 0.4) is 0 Å². The molecule has 0 bridgehead atoms. The molecular weight excluding hydrogens is 589 g/mol. The van der Waals surface area contributed by atoms with Gasteiger partial charge in [-0.3, -0.25) is 18.1 Å². The molecule has 0 aromatic carbocycles. The number of anilines is 1. The van der Waals surface area contributed by atoms with E-state index in [1.165, 1.54) is 10.9 Å². The predicted octanol–water partition coefficient (Wildman–Crippen LogP) is 2.54. The lowest BCUT2D eigenvalue weighted by Gasteiger charge is -2.19. The number of aromatic nitrogens is 4. The van der Waals surface area contributed by atoms with Crippen LogP contribution in [-0.2, 0) is 27.4 Å². The fourth-order valence-corrected chi connectivity index (χ4v) is 6.22. The molecule has 1 unspecified atom stereocenters. The second-order valence-electron chi connectivity index (χ2n) is 7.77. The van der Waals surface area contributed by atoms with Crippen LogP contribution in [0.25, 0.3) is 11.2 Å². The van der Waals surface area contributed by atoms with E-state index in [1.54, 1.807) is 11.8 Å². The highest BCUT2D eigenvalue weighted by Gasteiger charge is 2.58. The molecule has 37 heavy (non-hydrogen) atoms. The fraction of sp³-hybridized carbons (Fsp3) is 0.688. The van der Waals surface area contributed by atoms with Crippen molar-refractivity contribution in [2.24, 2.45) is 0 Å². The molecule has 4 N–H and O–H groups in total. The number of alkyl halides is 3. The van der Waals surface area contributed by atoms with Crippen molar-refractivity contribution in [2.75, 3.05) is 36.2 Å². The Hall–Kier alpha value is -0.980. The van der Waals surface area contributed by atoms with E-state index in [0.717, 1.165) is 11.8 Å². The highest BCUT2D eigenvalue weighted by Crippen LogP contribution is 2.59. The van der Waals surface area contributed by atoms with Gasteiger partial charge in [0.1, 0.15) is 18.3 Å². The van der Waals surface area contributed by atoms with Gasteiger partial charge in [0, 0.05) is 18.1 Å². The van der Waals surface area contributed by atoms with Crippen molar-refractivity contribution in [3.05, 3.63) is 6.33 Å². The molecule has 0 saturated carbocycles. The fourth-order valence-electron chi connectivity index (χ4n) is 3.61. The van der Waals surface area contributed by atoms with Crippen LogP contribution in [0.1, 0.15) is 12.6 Å². The Morgan fingerprint density at radius 3 is 2.68 bits per heavy atom. The molecule has 0 radical (unpaired) electrons. The molecule has 2 saturated heterocycles. The molecule has 4 heterocycles. The summed E-state index contributed by atoms with van der Waals surface area (Å²) < 4.78 is 83.0. The lowest BCUT2D eigenvalue weighted by molar-refractivity contribution is -0.129. The summed E-state index contributed by atoms with van der Waals surface area (Å²) in [6.45, 7) is -0.211. The van der Waals surface area contributed by atoms with Gasteiger partial charge < -0.3 is 24.7 Å². The molecule has 4 rings (SSSR count). The van der Waals surface area contributed by atoms with Crippen molar-refractivity contribution in [1.82, 2.24) is 19.5 Å². The maximum atomic E-state index is 12.6. The SMILES string of the molecule is CSCCNc1nc(SCCC(F)(F)F)nc2c1ncn2[C@@H]1O[C@H](COP(=O)(O)O)[C@H]2OP(=O)(O)O[C@H]21. The van der Waals surface area contributed by atoms with Crippen LogP contribution in [0.5, 0.6) is 0 Å². The molecule has 5 atom stereocenters. The standard InChI is InChI=1S/C16H22F3N5O9P2S2/c1-36-5-3-20-12-9-13(23-15(22-12)37-4-2-16(17,18)19)24(7-21-9)14-11-10(32-35(28,29)33-11)8(31-14)6-30-34(25,26)27/h7-8,10-11,14H,2-6H2,1H3,(H,28,29)(H,20,22,23)(H2,25,26,27)/t8-,10-,11-,14-/m1/s1. The summed E-state index contributed by atoms with van der Waals surface area (Å²) in [7, 11) is -9.41. The zero-order valence-corrected chi connectivity index (χ0v) is 22.3. The van der Waals surface area contributed by atoms with Crippen LogP contribution < -0.4 is 5.32 Å². The summed E-state index contributed by atoms with van der Waals surface area (Å²) in [4.78, 5) is 40.8. The molecular formula is C16H22F3N5O9P2S2. The van der Waals surface area contributed by atoms with E-state index in [2.05, 4.69) is 24.8 Å². The van der Waals surface area contributed by atoms with E-state index in [4.69, 9.17) is 23.6 Å². The average molecular weight is 611 g/mol. The van der Waals surface area contributed by atoms with Gasteiger partial charge in [-0.05, 0) is 6.26 Å². The van der Waals surface area contributed by atoms with E-state index in [-0.39, 0.29) is 27.9 Å². The van der Waals surface area contributed by atoms with Crippen molar-refractivity contribution in [3.8, 4) is 0 Å². The number of ether oxygens (including phenoxy) is 1. The topological polar surface area (TPSA) is 187 Å². The van der Waals surface area contributed by atoms with Gasteiger partial charge in [0.2, 0.25) is 0 Å². The normalized spacial score (nSPS) is 28.2. The van der Waals surface area contributed by atoms with Crippen LogP contribution in [0.4, 0.5) is 19.0 Å². The van der Waals surface area contributed by atoms with Crippen LogP contribution in [0.15, 0.2) is 11.5 Å². The second-order valence-corrected chi connectivity index (χ2v) is 12.4. The maximum Gasteiger partial charge on any atom is 0.473 e. The summed E-state index contributed by atoms with van der Waals surface area (Å²) >= 11 is 2.34. The Morgan fingerprint density at radius 2 is 2.00 bits per heavy atom. The van der Waals surface area contributed by atoms with Gasteiger partial charge in [-0.25, -0.2) is 24.1 Å². The Morgan fingerprint density at radius 1 is 1.27 bits per heavy atom. The highest BCUT2D eigenvalue weighted by molar-refractivity contribution is 7.99. The largest absolute Gasteiger partial charge is 0.473 e. The summed E-state index contributed by atoms with van der Waals surface area (Å²) in [5.41, 5.74) is 0.377.